The second kappa shape index (κ2) is 6.83. The molecule has 3 aromatic carbocycles. The second-order valence-electron chi connectivity index (χ2n) is 8.01. The lowest BCUT2D eigenvalue weighted by molar-refractivity contribution is 0.660. The van der Waals surface area contributed by atoms with Gasteiger partial charge in [-0.05, 0) is 64.6 Å². The quantitative estimate of drug-likeness (QED) is 0.468. The highest BCUT2D eigenvalue weighted by atomic mass is 15.1. The van der Waals surface area contributed by atoms with Crippen LogP contribution >= 0.6 is 0 Å². The number of allylic oxidation sites excluding steroid dienone is 3. The van der Waals surface area contributed by atoms with Gasteiger partial charge in [0, 0.05) is 23.8 Å². The van der Waals surface area contributed by atoms with Crippen molar-refractivity contribution in [3.05, 3.63) is 102 Å². The molecule has 0 amide bonds. The van der Waals surface area contributed by atoms with Crippen LogP contribution in [0.4, 0.5) is 11.4 Å². The van der Waals surface area contributed by atoms with Gasteiger partial charge in [0.2, 0.25) is 0 Å². The standard InChI is InChI=1S/C27H27N/c1-6-25-19(2)24-16-15-23(18-26(24)27(25,3)4)28(5)22-14-10-13-21(17-22)20-11-8-7-9-12-20/h6-18H,2H2,1,3-5H3. The minimum atomic E-state index is -0.0100. The average Bonchev–Trinajstić information content (AvgIpc) is 2.92. The fourth-order valence-electron chi connectivity index (χ4n) is 4.40. The highest BCUT2D eigenvalue weighted by Gasteiger charge is 2.36. The normalized spacial score (nSPS) is 16.3. The maximum Gasteiger partial charge on any atom is 0.0414 e. The fraction of sp³-hybridized carbons (Fsp3) is 0.185. The molecule has 0 aromatic heterocycles. The monoisotopic (exact) mass is 365 g/mol. The summed E-state index contributed by atoms with van der Waals surface area (Å²) < 4.78 is 0. The molecule has 0 N–H and O–H groups in total. The summed E-state index contributed by atoms with van der Waals surface area (Å²) in [4.78, 5) is 2.26. The van der Waals surface area contributed by atoms with Gasteiger partial charge in [-0.25, -0.2) is 0 Å². The van der Waals surface area contributed by atoms with Crippen molar-refractivity contribution < 1.29 is 0 Å². The Bertz CT molecular complexity index is 1070. The van der Waals surface area contributed by atoms with Gasteiger partial charge in [-0.1, -0.05) is 75.0 Å². The van der Waals surface area contributed by atoms with E-state index in [1.165, 1.54) is 39.2 Å². The molecule has 4 rings (SSSR count). The number of anilines is 2. The molecule has 0 saturated carbocycles. The van der Waals surface area contributed by atoms with Gasteiger partial charge in [-0.3, -0.25) is 0 Å². The van der Waals surface area contributed by atoms with Gasteiger partial charge in [0.25, 0.3) is 0 Å². The Labute approximate surface area is 168 Å². The summed E-state index contributed by atoms with van der Waals surface area (Å²) in [5.41, 5.74) is 9.95. The number of fused-ring (bicyclic) bond motifs is 1. The van der Waals surface area contributed by atoms with Gasteiger partial charge in [-0.2, -0.15) is 0 Å². The molecule has 0 fully saturated rings. The lowest BCUT2D eigenvalue weighted by Crippen LogP contribution is -2.16. The van der Waals surface area contributed by atoms with Gasteiger partial charge >= 0.3 is 0 Å². The molecule has 0 spiro atoms. The number of rotatable bonds is 3. The van der Waals surface area contributed by atoms with E-state index in [9.17, 15) is 0 Å². The first-order chi connectivity index (χ1) is 13.4. The molecule has 140 valence electrons. The Morgan fingerprint density at radius 3 is 2.21 bits per heavy atom. The Kier molecular flexibility index (Phi) is 4.47. The zero-order chi connectivity index (χ0) is 19.9. The van der Waals surface area contributed by atoms with Crippen molar-refractivity contribution in [3.63, 3.8) is 0 Å². The summed E-state index contributed by atoms with van der Waals surface area (Å²) in [6, 6.07) is 26.0. The number of benzene rings is 3. The first kappa shape index (κ1) is 18.3. The van der Waals surface area contributed by atoms with Crippen molar-refractivity contribution in [1.29, 1.82) is 0 Å². The molecule has 0 unspecified atom stereocenters. The smallest absolute Gasteiger partial charge is 0.0414 e. The lowest BCUT2D eigenvalue weighted by Gasteiger charge is -2.25. The number of nitrogens with zero attached hydrogens (tertiary/aromatic N) is 1. The topological polar surface area (TPSA) is 3.24 Å². The minimum Gasteiger partial charge on any atom is -0.345 e. The first-order valence-corrected chi connectivity index (χ1v) is 9.83. The van der Waals surface area contributed by atoms with Crippen molar-refractivity contribution in [1.82, 2.24) is 0 Å². The number of hydrogen-bond acceptors (Lipinski definition) is 1. The van der Waals surface area contributed by atoms with Crippen LogP contribution < -0.4 is 4.90 Å². The Morgan fingerprint density at radius 1 is 0.821 bits per heavy atom. The summed E-state index contributed by atoms with van der Waals surface area (Å²) in [7, 11) is 2.14. The minimum absolute atomic E-state index is 0.0100. The Hall–Kier alpha value is -3.06. The van der Waals surface area contributed by atoms with E-state index in [0.717, 1.165) is 5.57 Å². The number of hydrogen-bond donors (Lipinski definition) is 0. The Balaban J connectivity index is 1.73. The van der Waals surface area contributed by atoms with Crippen molar-refractivity contribution in [3.8, 4) is 11.1 Å². The van der Waals surface area contributed by atoms with Gasteiger partial charge in [0.1, 0.15) is 0 Å². The van der Waals surface area contributed by atoms with Gasteiger partial charge < -0.3 is 4.90 Å². The predicted octanol–water partition coefficient (Wildman–Crippen LogP) is 7.37. The highest BCUT2D eigenvalue weighted by molar-refractivity contribution is 5.89. The lowest BCUT2D eigenvalue weighted by atomic mass is 9.82. The molecular weight excluding hydrogens is 338 g/mol. The van der Waals surface area contributed by atoms with Crippen molar-refractivity contribution in [2.24, 2.45) is 0 Å². The maximum absolute atomic E-state index is 4.34. The molecule has 0 aliphatic heterocycles. The SMILES string of the molecule is C=C1C(=CC)C(C)(C)c2cc(N(C)c3cccc(-c4ccccc4)c3)ccc21. The maximum atomic E-state index is 4.34. The van der Waals surface area contributed by atoms with Crippen LogP contribution in [-0.4, -0.2) is 7.05 Å². The van der Waals surface area contributed by atoms with Crippen molar-refractivity contribution >= 4 is 16.9 Å². The predicted molar refractivity (Wildman–Crippen MR) is 122 cm³/mol. The summed E-state index contributed by atoms with van der Waals surface area (Å²) >= 11 is 0. The van der Waals surface area contributed by atoms with E-state index in [1.54, 1.807) is 0 Å². The first-order valence-electron chi connectivity index (χ1n) is 9.83. The summed E-state index contributed by atoms with van der Waals surface area (Å²) in [5, 5.41) is 0. The van der Waals surface area contributed by atoms with Crippen LogP contribution in [0.5, 0.6) is 0 Å². The molecular formula is C27H27N. The summed E-state index contributed by atoms with van der Waals surface area (Å²) in [5.74, 6) is 0. The molecule has 0 radical (unpaired) electrons. The molecule has 1 aliphatic carbocycles. The Morgan fingerprint density at radius 2 is 1.50 bits per heavy atom. The largest absolute Gasteiger partial charge is 0.345 e. The van der Waals surface area contributed by atoms with Crippen LogP contribution in [0, 0.1) is 0 Å². The van der Waals surface area contributed by atoms with Crippen LogP contribution in [0.25, 0.3) is 16.7 Å². The van der Waals surface area contributed by atoms with Gasteiger partial charge in [0.15, 0.2) is 0 Å². The molecule has 1 heteroatoms. The van der Waals surface area contributed by atoms with Gasteiger partial charge in [-0.15, -0.1) is 0 Å². The fourth-order valence-corrected chi connectivity index (χ4v) is 4.40. The third kappa shape index (κ3) is 2.88. The summed E-state index contributed by atoms with van der Waals surface area (Å²) in [6.45, 7) is 11.0. The summed E-state index contributed by atoms with van der Waals surface area (Å²) in [6.07, 6.45) is 2.20. The third-order valence-electron chi connectivity index (χ3n) is 6.02. The zero-order valence-electron chi connectivity index (χ0n) is 17.2. The highest BCUT2D eigenvalue weighted by Crippen LogP contribution is 2.50. The second-order valence-corrected chi connectivity index (χ2v) is 8.01. The zero-order valence-corrected chi connectivity index (χ0v) is 17.2. The van der Waals surface area contributed by atoms with E-state index in [4.69, 9.17) is 0 Å². The van der Waals surface area contributed by atoms with E-state index in [-0.39, 0.29) is 5.41 Å². The average molecular weight is 366 g/mol. The molecule has 3 aromatic rings. The molecule has 1 nitrogen and oxygen atoms in total. The van der Waals surface area contributed by atoms with E-state index >= 15 is 0 Å². The van der Waals surface area contributed by atoms with E-state index < -0.39 is 0 Å². The molecule has 0 bridgehead atoms. The van der Waals surface area contributed by atoms with Gasteiger partial charge in [0.05, 0.1) is 0 Å². The molecule has 0 atom stereocenters. The molecule has 0 saturated heterocycles. The van der Waals surface area contributed by atoms with Crippen molar-refractivity contribution in [2.45, 2.75) is 26.2 Å². The van der Waals surface area contributed by atoms with Crippen LogP contribution in [0.3, 0.4) is 0 Å². The molecule has 0 heterocycles. The molecule has 1 aliphatic rings. The van der Waals surface area contributed by atoms with Crippen LogP contribution in [0.15, 0.2) is 91.0 Å². The molecule has 28 heavy (non-hydrogen) atoms. The van der Waals surface area contributed by atoms with Crippen LogP contribution in [0.1, 0.15) is 31.9 Å². The third-order valence-corrected chi connectivity index (χ3v) is 6.02. The van der Waals surface area contributed by atoms with Crippen LogP contribution in [0.2, 0.25) is 0 Å². The van der Waals surface area contributed by atoms with Crippen molar-refractivity contribution in [2.75, 3.05) is 11.9 Å². The van der Waals surface area contributed by atoms with Crippen LogP contribution in [-0.2, 0) is 5.41 Å². The van der Waals surface area contributed by atoms with E-state index in [0.29, 0.717) is 0 Å². The van der Waals surface area contributed by atoms with E-state index in [1.807, 2.05) is 0 Å². The van der Waals surface area contributed by atoms with E-state index in [2.05, 4.69) is 118 Å².